The van der Waals surface area contributed by atoms with Crippen molar-refractivity contribution in [3.8, 4) is 6.07 Å². The van der Waals surface area contributed by atoms with Crippen LogP contribution in [0.25, 0.3) is 0 Å². The highest BCUT2D eigenvalue weighted by molar-refractivity contribution is 6.04. The van der Waals surface area contributed by atoms with Gasteiger partial charge in [-0.3, -0.25) is 4.79 Å². The van der Waals surface area contributed by atoms with Crippen LogP contribution in [0.5, 0.6) is 0 Å². The Labute approximate surface area is 110 Å². The van der Waals surface area contributed by atoms with Gasteiger partial charge in [-0.05, 0) is 42.8 Å². The number of benzene rings is 2. The van der Waals surface area contributed by atoms with Crippen molar-refractivity contribution < 1.29 is 9.18 Å². The number of nitrogens with one attached hydrogen (secondary N) is 1. The topological polar surface area (TPSA) is 52.9 Å². The van der Waals surface area contributed by atoms with Crippen LogP contribution in [0.3, 0.4) is 0 Å². The lowest BCUT2D eigenvalue weighted by atomic mass is 10.1. The number of hydrogen-bond donors (Lipinski definition) is 1. The second-order valence-electron chi connectivity index (χ2n) is 4.08. The van der Waals surface area contributed by atoms with E-state index in [1.54, 1.807) is 31.2 Å². The van der Waals surface area contributed by atoms with Gasteiger partial charge in [-0.25, -0.2) is 4.39 Å². The molecule has 2 rings (SSSR count). The Morgan fingerprint density at radius 2 is 1.89 bits per heavy atom. The maximum Gasteiger partial charge on any atom is 0.255 e. The summed E-state index contributed by atoms with van der Waals surface area (Å²) in [6, 6.07) is 12.9. The summed E-state index contributed by atoms with van der Waals surface area (Å²) >= 11 is 0. The van der Waals surface area contributed by atoms with Crippen LogP contribution >= 0.6 is 0 Å². The minimum atomic E-state index is -0.440. The van der Waals surface area contributed by atoms with Crippen LogP contribution in [0.4, 0.5) is 10.1 Å². The molecule has 0 spiro atoms. The number of carbonyl (C=O) groups is 1. The summed E-state index contributed by atoms with van der Waals surface area (Å²) in [7, 11) is 0. The smallest absolute Gasteiger partial charge is 0.255 e. The summed E-state index contributed by atoms with van der Waals surface area (Å²) in [5, 5.41) is 11.2. The van der Waals surface area contributed by atoms with Gasteiger partial charge < -0.3 is 5.32 Å². The Morgan fingerprint density at radius 1 is 1.21 bits per heavy atom. The van der Waals surface area contributed by atoms with Gasteiger partial charge in [-0.1, -0.05) is 12.1 Å². The molecule has 0 unspecified atom stereocenters. The van der Waals surface area contributed by atoms with Crippen molar-refractivity contribution in [2.75, 3.05) is 5.32 Å². The zero-order valence-electron chi connectivity index (χ0n) is 10.3. The number of rotatable bonds is 2. The van der Waals surface area contributed by atoms with Crippen molar-refractivity contribution in [1.29, 1.82) is 5.26 Å². The summed E-state index contributed by atoms with van der Waals surface area (Å²) < 4.78 is 13.7. The summed E-state index contributed by atoms with van der Waals surface area (Å²) in [6.45, 7) is 1.63. The third kappa shape index (κ3) is 2.78. The van der Waals surface area contributed by atoms with E-state index in [1.807, 2.05) is 6.07 Å². The maximum absolute atomic E-state index is 13.7. The first-order valence-electron chi connectivity index (χ1n) is 5.68. The van der Waals surface area contributed by atoms with E-state index in [1.165, 1.54) is 18.2 Å². The lowest BCUT2D eigenvalue weighted by Crippen LogP contribution is -2.13. The SMILES string of the molecule is Cc1cccc(NC(=O)c2ccc(C#N)cc2)c1F. The fourth-order valence-corrected chi connectivity index (χ4v) is 1.63. The van der Waals surface area contributed by atoms with Crippen molar-refractivity contribution in [3.63, 3.8) is 0 Å². The van der Waals surface area contributed by atoms with Gasteiger partial charge in [0.25, 0.3) is 5.91 Å². The van der Waals surface area contributed by atoms with Crippen LogP contribution < -0.4 is 5.32 Å². The normalized spacial score (nSPS) is 9.74. The molecule has 0 aliphatic rings. The molecule has 1 N–H and O–H groups in total. The Morgan fingerprint density at radius 3 is 2.53 bits per heavy atom. The molecular formula is C15H11FN2O. The van der Waals surface area contributed by atoms with Crippen molar-refractivity contribution in [1.82, 2.24) is 0 Å². The first kappa shape index (κ1) is 12.8. The van der Waals surface area contributed by atoms with Crippen LogP contribution in [0, 0.1) is 24.1 Å². The number of carbonyl (C=O) groups excluding carboxylic acids is 1. The van der Waals surface area contributed by atoms with Crippen molar-refractivity contribution >= 4 is 11.6 Å². The summed E-state index contributed by atoms with van der Waals surface area (Å²) in [6.07, 6.45) is 0. The lowest BCUT2D eigenvalue weighted by Gasteiger charge is -2.07. The average molecular weight is 254 g/mol. The lowest BCUT2D eigenvalue weighted by molar-refractivity contribution is 0.102. The van der Waals surface area contributed by atoms with E-state index in [0.717, 1.165) is 0 Å². The third-order valence-corrected chi connectivity index (χ3v) is 2.72. The van der Waals surface area contributed by atoms with Gasteiger partial charge in [0, 0.05) is 5.56 Å². The van der Waals surface area contributed by atoms with Gasteiger partial charge in [0.15, 0.2) is 0 Å². The van der Waals surface area contributed by atoms with E-state index < -0.39 is 11.7 Å². The molecule has 0 heterocycles. The summed E-state index contributed by atoms with van der Waals surface area (Å²) in [4.78, 5) is 11.9. The number of aryl methyl sites for hydroxylation is 1. The van der Waals surface area contributed by atoms with Gasteiger partial charge in [0.2, 0.25) is 0 Å². The van der Waals surface area contributed by atoms with Gasteiger partial charge in [-0.2, -0.15) is 5.26 Å². The molecule has 1 amide bonds. The van der Waals surface area contributed by atoms with Gasteiger partial charge >= 0.3 is 0 Å². The highest BCUT2D eigenvalue weighted by atomic mass is 19.1. The summed E-state index contributed by atoms with van der Waals surface area (Å²) in [5.41, 5.74) is 1.46. The van der Waals surface area contributed by atoms with E-state index >= 15 is 0 Å². The number of halogens is 1. The number of amides is 1. The predicted molar refractivity (Wildman–Crippen MR) is 70.2 cm³/mol. The molecule has 94 valence electrons. The second-order valence-corrected chi connectivity index (χ2v) is 4.08. The standard InChI is InChI=1S/C15H11FN2O/c1-10-3-2-4-13(14(10)16)18-15(19)12-7-5-11(9-17)6-8-12/h2-8H,1H3,(H,18,19). The minimum absolute atomic E-state index is 0.148. The molecule has 2 aromatic rings. The third-order valence-electron chi connectivity index (χ3n) is 2.72. The molecule has 0 fully saturated rings. The monoisotopic (exact) mass is 254 g/mol. The number of hydrogen-bond acceptors (Lipinski definition) is 2. The quantitative estimate of drug-likeness (QED) is 0.894. The highest BCUT2D eigenvalue weighted by Gasteiger charge is 2.10. The van der Waals surface area contributed by atoms with Gasteiger partial charge in [-0.15, -0.1) is 0 Å². The van der Waals surface area contributed by atoms with E-state index in [-0.39, 0.29) is 5.69 Å². The Kier molecular flexibility index (Phi) is 3.58. The van der Waals surface area contributed by atoms with Gasteiger partial charge in [0.05, 0.1) is 17.3 Å². The van der Waals surface area contributed by atoms with E-state index in [2.05, 4.69) is 5.32 Å². The van der Waals surface area contributed by atoms with E-state index in [4.69, 9.17) is 5.26 Å². The zero-order valence-corrected chi connectivity index (χ0v) is 10.3. The summed E-state index contributed by atoms with van der Waals surface area (Å²) in [5.74, 6) is -0.849. The Hall–Kier alpha value is -2.67. The maximum atomic E-state index is 13.7. The fraction of sp³-hybridized carbons (Fsp3) is 0.0667. The first-order chi connectivity index (χ1) is 9.11. The molecule has 19 heavy (non-hydrogen) atoms. The largest absolute Gasteiger partial charge is 0.319 e. The molecule has 4 heteroatoms. The van der Waals surface area contributed by atoms with E-state index in [0.29, 0.717) is 16.7 Å². The van der Waals surface area contributed by atoms with Gasteiger partial charge in [0.1, 0.15) is 5.82 Å². The Bertz CT molecular complexity index is 657. The molecule has 2 aromatic carbocycles. The van der Waals surface area contributed by atoms with Crippen molar-refractivity contribution in [2.24, 2.45) is 0 Å². The van der Waals surface area contributed by atoms with Crippen LogP contribution in [0.2, 0.25) is 0 Å². The van der Waals surface area contributed by atoms with E-state index in [9.17, 15) is 9.18 Å². The molecule has 0 atom stereocenters. The van der Waals surface area contributed by atoms with Crippen molar-refractivity contribution in [2.45, 2.75) is 6.92 Å². The molecule has 0 radical (unpaired) electrons. The molecule has 0 aliphatic carbocycles. The molecule has 0 saturated heterocycles. The Balaban J connectivity index is 2.21. The van der Waals surface area contributed by atoms with Crippen LogP contribution in [0.15, 0.2) is 42.5 Å². The van der Waals surface area contributed by atoms with Crippen molar-refractivity contribution in [3.05, 3.63) is 65.0 Å². The fourth-order valence-electron chi connectivity index (χ4n) is 1.63. The highest BCUT2D eigenvalue weighted by Crippen LogP contribution is 2.18. The molecule has 0 aromatic heterocycles. The van der Waals surface area contributed by atoms with Crippen LogP contribution in [-0.4, -0.2) is 5.91 Å². The molecule has 0 saturated carbocycles. The zero-order chi connectivity index (χ0) is 13.8. The number of nitriles is 1. The molecular weight excluding hydrogens is 243 g/mol. The minimum Gasteiger partial charge on any atom is -0.319 e. The number of anilines is 1. The molecule has 0 bridgehead atoms. The second kappa shape index (κ2) is 5.32. The van der Waals surface area contributed by atoms with Crippen LogP contribution in [0.1, 0.15) is 21.5 Å². The molecule has 3 nitrogen and oxygen atoms in total. The average Bonchev–Trinajstić information content (AvgIpc) is 2.44. The predicted octanol–water partition coefficient (Wildman–Crippen LogP) is 3.26. The number of nitrogens with zero attached hydrogens (tertiary/aromatic N) is 1. The molecule has 0 aliphatic heterocycles. The first-order valence-corrected chi connectivity index (χ1v) is 5.68. The van der Waals surface area contributed by atoms with Crippen LogP contribution in [-0.2, 0) is 0 Å².